The van der Waals surface area contributed by atoms with Crippen molar-refractivity contribution in [2.45, 2.75) is 65.6 Å². The molecule has 234 valence electrons. The minimum absolute atomic E-state index is 0. The first kappa shape index (κ1) is 33.9. The van der Waals surface area contributed by atoms with E-state index >= 15 is 0 Å². The first-order valence-corrected chi connectivity index (χ1v) is 14.7. The highest BCUT2D eigenvalue weighted by atomic mass is 35.5. The Morgan fingerprint density at radius 3 is 2.57 bits per heavy atom. The van der Waals surface area contributed by atoms with Crippen molar-refractivity contribution in [1.29, 1.82) is 0 Å². The summed E-state index contributed by atoms with van der Waals surface area (Å²) in [5.74, 6) is 0.757. The Morgan fingerprint density at radius 2 is 1.95 bits per heavy atom. The third kappa shape index (κ3) is 7.48. The molecule has 1 amide bonds. The van der Waals surface area contributed by atoms with E-state index in [1.165, 1.54) is 24.5 Å². The molecule has 0 aliphatic carbocycles. The largest absolute Gasteiger partial charge is 0.434 e. The van der Waals surface area contributed by atoms with Crippen LogP contribution < -0.4 is 15.0 Å². The zero-order chi connectivity index (χ0) is 29.7. The Hall–Kier alpha value is -2.60. The quantitative estimate of drug-likeness (QED) is 0.358. The second-order valence-electron chi connectivity index (χ2n) is 12.1. The molecule has 4 rings (SSSR count). The number of likely N-dealkylation sites (tertiary alicyclic amines) is 1. The van der Waals surface area contributed by atoms with Gasteiger partial charge >= 0.3 is 0 Å². The number of benzene rings is 1. The lowest BCUT2D eigenvalue weighted by Crippen LogP contribution is -2.62. The average Bonchev–Trinajstić information content (AvgIpc) is 3.37. The second-order valence-corrected chi connectivity index (χ2v) is 12.1. The molecule has 3 heterocycles. The third-order valence-corrected chi connectivity index (χ3v) is 8.50. The van der Waals surface area contributed by atoms with Gasteiger partial charge in [-0.3, -0.25) is 9.69 Å². The minimum atomic E-state index is -0.503. The predicted molar refractivity (Wildman–Crippen MR) is 164 cm³/mol. The zero-order valence-corrected chi connectivity index (χ0v) is 26.8. The molecule has 0 bridgehead atoms. The molecule has 2 aliphatic rings. The summed E-state index contributed by atoms with van der Waals surface area (Å²) in [4.78, 5) is 24.3. The number of carbonyl (C=O) groups excluding carboxylic acids is 1. The fourth-order valence-electron chi connectivity index (χ4n) is 6.33. The smallest absolute Gasteiger partial charge is 0.282 e. The molecule has 2 saturated heterocycles. The van der Waals surface area contributed by atoms with Crippen LogP contribution in [-0.2, 0) is 4.74 Å². The molecule has 0 radical (unpaired) electrons. The third-order valence-electron chi connectivity index (χ3n) is 8.50. The molecule has 0 saturated carbocycles. The van der Waals surface area contributed by atoms with Gasteiger partial charge in [0.15, 0.2) is 5.82 Å². The van der Waals surface area contributed by atoms with Crippen molar-refractivity contribution in [2.24, 2.45) is 11.3 Å². The molecule has 10 nitrogen and oxygen atoms in total. The summed E-state index contributed by atoms with van der Waals surface area (Å²) in [6, 6.07) is 4.38. The number of hydrogen-bond acceptors (Lipinski definition) is 9. The Balaban J connectivity index is 0.00000484. The van der Waals surface area contributed by atoms with E-state index in [-0.39, 0.29) is 53.1 Å². The molecule has 1 aromatic carbocycles. The standard InChI is InChI=1S/C30H46FN7O3.ClH/c1-8-38(21(4)5)29(39)24-13-22(31)9-10-26(24)41-28-27(33-19-34-35-28)36-12-11-30(16-36)17-37(18-30)25(20(2)3)14-23(40-7)15-32-6;/h9-10,13,19-21,23,25,32H,8,11-12,14-18H2,1-7H3;1H/t23-,25+;/m1./s1. The highest BCUT2D eigenvalue weighted by molar-refractivity contribution is 5.97. The van der Waals surface area contributed by atoms with Gasteiger partial charge in [-0.2, -0.15) is 0 Å². The zero-order valence-electron chi connectivity index (χ0n) is 26.0. The van der Waals surface area contributed by atoms with E-state index in [2.05, 4.69) is 44.1 Å². The normalized spacial score (nSPS) is 17.7. The second kappa shape index (κ2) is 14.7. The van der Waals surface area contributed by atoms with Crippen molar-refractivity contribution in [1.82, 2.24) is 30.3 Å². The van der Waals surface area contributed by atoms with Crippen molar-refractivity contribution >= 4 is 24.1 Å². The number of aromatic nitrogens is 3. The molecule has 1 spiro atoms. The molecular formula is C30H47ClFN7O3. The summed E-state index contributed by atoms with van der Waals surface area (Å²) in [5.41, 5.74) is 0.327. The van der Waals surface area contributed by atoms with Gasteiger partial charge in [0.1, 0.15) is 17.9 Å². The van der Waals surface area contributed by atoms with Crippen LogP contribution in [0.25, 0.3) is 0 Å². The van der Waals surface area contributed by atoms with Crippen LogP contribution in [0.2, 0.25) is 0 Å². The van der Waals surface area contributed by atoms with Gasteiger partial charge in [-0.15, -0.1) is 22.6 Å². The summed E-state index contributed by atoms with van der Waals surface area (Å²) in [7, 11) is 3.75. The lowest BCUT2D eigenvalue weighted by atomic mass is 9.76. The summed E-state index contributed by atoms with van der Waals surface area (Å²) < 4.78 is 26.1. The molecule has 1 aromatic heterocycles. The molecule has 2 atom stereocenters. The number of ether oxygens (including phenoxy) is 2. The van der Waals surface area contributed by atoms with Crippen molar-refractivity contribution in [3.8, 4) is 11.6 Å². The number of rotatable bonds is 13. The number of hydrogen-bond donors (Lipinski definition) is 1. The Morgan fingerprint density at radius 1 is 1.21 bits per heavy atom. The monoisotopic (exact) mass is 607 g/mol. The highest BCUT2D eigenvalue weighted by Crippen LogP contribution is 2.44. The summed E-state index contributed by atoms with van der Waals surface area (Å²) in [5, 5.41) is 11.4. The fourth-order valence-corrected chi connectivity index (χ4v) is 6.33. The van der Waals surface area contributed by atoms with E-state index in [9.17, 15) is 9.18 Å². The van der Waals surface area contributed by atoms with E-state index < -0.39 is 5.82 Å². The Kier molecular flexibility index (Phi) is 11.9. The maximum absolute atomic E-state index is 14.2. The van der Waals surface area contributed by atoms with Crippen LogP contribution in [0.1, 0.15) is 57.8 Å². The van der Waals surface area contributed by atoms with Crippen LogP contribution >= 0.6 is 12.4 Å². The summed E-state index contributed by atoms with van der Waals surface area (Å²) >= 11 is 0. The number of likely N-dealkylation sites (N-methyl/N-ethyl adjacent to an activating group) is 1. The molecule has 2 aromatic rings. The number of nitrogens with zero attached hydrogens (tertiary/aromatic N) is 6. The molecule has 1 N–H and O–H groups in total. The lowest BCUT2D eigenvalue weighted by molar-refractivity contribution is -0.0500. The molecular weight excluding hydrogens is 561 g/mol. The van der Waals surface area contributed by atoms with Gasteiger partial charge in [-0.05, 0) is 64.8 Å². The molecule has 2 aliphatic heterocycles. The average molecular weight is 608 g/mol. The maximum Gasteiger partial charge on any atom is 0.282 e. The van der Waals surface area contributed by atoms with E-state index in [4.69, 9.17) is 9.47 Å². The fraction of sp³-hybridized carbons (Fsp3) is 0.667. The van der Waals surface area contributed by atoms with Crippen LogP contribution in [0.5, 0.6) is 11.6 Å². The van der Waals surface area contributed by atoms with Crippen molar-refractivity contribution < 1.29 is 18.7 Å². The molecule has 0 unspecified atom stereocenters. The molecule has 42 heavy (non-hydrogen) atoms. The number of nitrogens with one attached hydrogen (secondary N) is 1. The van der Waals surface area contributed by atoms with Crippen LogP contribution in [0, 0.1) is 17.2 Å². The number of carbonyl (C=O) groups is 1. The van der Waals surface area contributed by atoms with Gasteiger partial charge in [0.05, 0.1) is 11.7 Å². The van der Waals surface area contributed by atoms with E-state index in [1.807, 2.05) is 27.8 Å². The van der Waals surface area contributed by atoms with Crippen LogP contribution in [-0.4, -0.2) is 103 Å². The van der Waals surface area contributed by atoms with Crippen LogP contribution in [0.4, 0.5) is 10.2 Å². The van der Waals surface area contributed by atoms with E-state index in [1.54, 1.807) is 12.0 Å². The maximum atomic E-state index is 14.2. The number of amides is 1. The number of anilines is 1. The Bertz CT molecular complexity index is 1180. The van der Waals surface area contributed by atoms with Crippen molar-refractivity contribution in [3.05, 3.63) is 35.9 Å². The number of halogens is 2. The van der Waals surface area contributed by atoms with Gasteiger partial charge in [0.2, 0.25) is 0 Å². The first-order chi connectivity index (χ1) is 19.6. The van der Waals surface area contributed by atoms with E-state index in [0.717, 1.165) is 45.6 Å². The van der Waals surface area contributed by atoms with E-state index in [0.29, 0.717) is 24.3 Å². The minimum Gasteiger partial charge on any atom is -0.434 e. The van der Waals surface area contributed by atoms with Gasteiger partial charge in [0, 0.05) is 63.9 Å². The first-order valence-electron chi connectivity index (χ1n) is 14.7. The van der Waals surface area contributed by atoms with Gasteiger partial charge in [0.25, 0.3) is 11.8 Å². The predicted octanol–water partition coefficient (Wildman–Crippen LogP) is 4.26. The summed E-state index contributed by atoms with van der Waals surface area (Å²) in [6.07, 6.45) is 3.63. The molecule has 2 fully saturated rings. The highest BCUT2D eigenvalue weighted by Gasteiger charge is 2.50. The SMILES string of the molecule is CCN(C(=O)c1cc(F)ccc1Oc1nncnc1N1CCC2(C1)CN([C@@H](C[C@H](CNC)OC)C(C)C)C2)C(C)C.Cl. The number of methoxy groups -OCH3 is 1. The topological polar surface area (TPSA) is 96.0 Å². The summed E-state index contributed by atoms with van der Waals surface area (Å²) in [6.45, 7) is 15.4. The van der Waals surface area contributed by atoms with Gasteiger partial charge in [-0.1, -0.05) is 13.8 Å². The van der Waals surface area contributed by atoms with Gasteiger partial charge < -0.3 is 24.6 Å². The lowest BCUT2D eigenvalue weighted by Gasteiger charge is -2.53. The van der Waals surface area contributed by atoms with Crippen LogP contribution in [0.3, 0.4) is 0 Å². The van der Waals surface area contributed by atoms with Crippen molar-refractivity contribution in [2.75, 3.05) is 58.3 Å². The molecule has 12 heteroatoms. The van der Waals surface area contributed by atoms with Crippen molar-refractivity contribution in [3.63, 3.8) is 0 Å². The van der Waals surface area contributed by atoms with Gasteiger partial charge in [-0.25, -0.2) is 9.37 Å². The Labute approximate surface area is 255 Å². The van der Waals surface area contributed by atoms with Crippen LogP contribution in [0.15, 0.2) is 24.5 Å².